The molecule has 0 spiro atoms. The second-order valence-electron chi connectivity index (χ2n) is 3.28. The summed E-state index contributed by atoms with van der Waals surface area (Å²) >= 11 is 0. The highest BCUT2D eigenvalue weighted by atomic mass is 16.5. The van der Waals surface area contributed by atoms with Crippen LogP contribution in [0, 0.1) is 0 Å². The first-order valence-electron chi connectivity index (χ1n) is 4.51. The van der Waals surface area contributed by atoms with Crippen molar-refractivity contribution >= 4 is 0 Å². The third kappa shape index (κ3) is 2.05. The quantitative estimate of drug-likeness (QED) is 0.697. The summed E-state index contributed by atoms with van der Waals surface area (Å²) in [7, 11) is 1.92. The minimum absolute atomic E-state index is 0.344. The van der Waals surface area contributed by atoms with E-state index in [1.165, 1.54) is 0 Å². The molecule has 1 aromatic rings. The van der Waals surface area contributed by atoms with Gasteiger partial charge in [0.2, 0.25) is 0 Å². The lowest BCUT2D eigenvalue weighted by atomic mass is 10.3. The molecular formula is C8H14N4O. The van der Waals surface area contributed by atoms with Crippen molar-refractivity contribution in [2.24, 2.45) is 7.05 Å². The van der Waals surface area contributed by atoms with Gasteiger partial charge in [-0.1, -0.05) is 0 Å². The van der Waals surface area contributed by atoms with Crippen molar-refractivity contribution in [2.75, 3.05) is 13.1 Å². The summed E-state index contributed by atoms with van der Waals surface area (Å²) < 4.78 is 7.52. The number of hydrogen-bond acceptors (Lipinski definition) is 4. The molecule has 0 bridgehead atoms. The molecule has 0 aliphatic carbocycles. The molecule has 1 aliphatic heterocycles. The SMILES string of the molecule is Cn1cnnc1COC1CCNC1. The Labute approximate surface area is 77.1 Å². The Bertz CT molecular complexity index is 267. The minimum atomic E-state index is 0.344. The lowest BCUT2D eigenvalue weighted by Crippen LogP contribution is -2.17. The van der Waals surface area contributed by atoms with Gasteiger partial charge < -0.3 is 14.6 Å². The molecule has 0 radical (unpaired) electrons. The maximum atomic E-state index is 5.64. The first kappa shape index (κ1) is 8.65. The van der Waals surface area contributed by atoms with Gasteiger partial charge in [-0.15, -0.1) is 10.2 Å². The highest BCUT2D eigenvalue weighted by Crippen LogP contribution is 2.05. The van der Waals surface area contributed by atoms with Crippen molar-refractivity contribution in [1.82, 2.24) is 20.1 Å². The Morgan fingerprint density at radius 2 is 2.69 bits per heavy atom. The molecule has 1 atom stereocenters. The van der Waals surface area contributed by atoms with Crippen LogP contribution >= 0.6 is 0 Å². The Morgan fingerprint density at radius 3 is 3.31 bits per heavy atom. The van der Waals surface area contributed by atoms with Gasteiger partial charge in [0.15, 0.2) is 5.82 Å². The summed E-state index contributed by atoms with van der Waals surface area (Å²) in [5.74, 6) is 0.881. The number of nitrogens with one attached hydrogen (secondary N) is 1. The fourth-order valence-electron chi connectivity index (χ4n) is 1.40. The van der Waals surface area contributed by atoms with Gasteiger partial charge in [0, 0.05) is 13.6 Å². The lowest BCUT2D eigenvalue weighted by Gasteiger charge is -2.08. The largest absolute Gasteiger partial charge is 0.369 e. The minimum Gasteiger partial charge on any atom is -0.369 e. The number of nitrogens with zero attached hydrogens (tertiary/aromatic N) is 3. The third-order valence-electron chi connectivity index (χ3n) is 2.27. The van der Waals surface area contributed by atoms with Gasteiger partial charge in [-0.25, -0.2) is 0 Å². The van der Waals surface area contributed by atoms with E-state index in [0.29, 0.717) is 12.7 Å². The zero-order valence-corrected chi connectivity index (χ0v) is 7.73. The highest BCUT2D eigenvalue weighted by Gasteiger charge is 2.15. The van der Waals surface area contributed by atoms with Crippen LogP contribution in [-0.2, 0) is 18.4 Å². The smallest absolute Gasteiger partial charge is 0.158 e. The van der Waals surface area contributed by atoms with Gasteiger partial charge in [0.1, 0.15) is 12.9 Å². The van der Waals surface area contributed by atoms with Gasteiger partial charge in [-0.3, -0.25) is 0 Å². The van der Waals surface area contributed by atoms with Gasteiger partial charge >= 0.3 is 0 Å². The lowest BCUT2D eigenvalue weighted by molar-refractivity contribution is 0.0486. The van der Waals surface area contributed by atoms with Crippen LogP contribution in [0.1, 0.15) is 12.2 Å². The highest BCUT2D eigenvalue weighted by molar-refractivity contribution is 4.82. The number of rotatable bonds is 3. The van der Waals surface area contributed by atoms with Crippen LogP contribution in [0.3, 0.4) is 0 Å². The van der Waals surface area contributed by atoms with Gasteiger partial charge in [-0.05, 0) is 13.0 Å². The monoisotopic (exact) mass is 182 g/mol. The van der Waals surface area contributed by atoms with Crippen LogP contribution in [0.15, 0.2) is 6.33 Å². The summed E-state index contributed by atoms with van der Waals surface area (Å²) in [6.07, 6.45) is 3.13. The van der Waals surface area contributed by atoms with Crippen LogP contribution in [-0.4, -0.2) is 34.0 Å². The molecule has 72 valence electrons. The van der Waals surface area contributed by atoms with E-state index in [-0.39, 0.29) is 0 Å². The molecule has 1 N–H and O–H groups in total. The average molecular weight is 182 g/mol. The number of aromatic nitrogens is 3. The molecular weight excluding hydrogens is 168 g/mol. The van der Waals surface area contributed by atoms with E-state index in [0.717, 1.165) is 25.3 Å². The fraction of sp³-hybridized carbons (Fsp3) is 0.750. The zero-order chi connectivity index (χ0) is 9.10. The van der Waals surface area contributed by atoms with Crippen molar-refractivity contribution < 1.29 is 4.74 Å². The predicted octanol–water partition coefficient (Wildman–Crippen LogP) is -0.306. The summed E-state index contributed by atoms with van der Waals surface area (Å²) in [6, 6.07) is 0. The van der Waals surface area contributed by atoms with Crippen molar-refractivity contribution in [3.63, 3.8) is 0 Å². The molecule has 2 heterocycles. The predicted molar refractivity (Wildman–Crippen MR) is 47.1 cm³/mol. The first-order chi connectivity index (χ1) is 6.36. The molecule has 0 saturated carbocycles. The van der Waals surface area contributed by atoms with Crippen molar-refractivity contribution in [3.05, 3.63) is 12.2 Å². The van der Waals surface area contributed by atoms with Gasteiger partial charge in [0.25, 0.3) is 0 Å². The molecule has 5 nitrogen and oxygen atoms in total. The van der Waals surface area contributed by atoms with E-state index in [9.17, 15) is 0 Å². The van der Waals surface area contributed by atoms with E-state index in [1.54, 1.807) is 6.33 Å². The molecule has 0 amide bonds. The molecule has 5 heteroatoms. The first-order valence-corrected chi connectivity index (χ1v) is 4.51. The Morgan fingerprint density at radius 1 is 1.77 bits per heavy atom. The van der Waals surface area contributed by atoms with E-state index in [1.807, 2.05) is 11.6 Å². The number of hydrogen-bond donors (Lipinski definition) is 1. The summed E-state index contributed by atoms with van der Waals surface area (Å²) in [5.41, 5.74) is 0. The second-order valence-corrected chi connectivity index (χ2v) is 3.28. The fourth-order valence-corrected chi connectivity index (χ4v) is 1.40. The second kappa shape index (κ2) is 3.85. The summed E-state index contributed by atoms with van der Waals surface area (Å²) in [4.78, 5) is 0. The van der Waals surface area contributed by atoms with Crippen LogP contribution in [0.4, 0.5) is 0 Å². The Kier molecular flexibility index (Phi) is 2.56. The van der Waals surface area contributed by atoms with E-state index < -0.39 is 0 Å². The van der Waals surface area contributed by atoms with E-state index in [2.05, 4.69) is 15.5 Å². The zero-order valence-electron chi connectivity index (χ0n) is 7.73. The van der Waals surface area contributed by atoms with Crippen molar-refractivity contribution in [2.45, 2.75) is 19.1 Å². The molecule has 1 aliphatic rings. The summed E-state index contributed by atoms with van der Waals surface area (Å²) in [5, 5.41) is 11.0. The molecule has 2 rings (SSSR count). The number of aryl methyl sites for hydroxylation is 1. The van der Waals surface area contributed by atoms with Crippen LogP contribution < -0.4 is 5.32 Å². The molecule has 13 heavy (non-hydrogen) atoms. The van der Waals surface area contributed by atoms with Crippen LogP contribution in [0.25, 0.3) is 0 Å². The molecule has 1 aromatic heterocycles. The van der Waals surface area contributed by atoms with E-state index >= 15 is 0 Å². The molecule has 1 unspecified atom stereocenters. The Hall–Kier alpha value is -0.940. The van der Waals surface area contributed by atoms with Crippen LogP contribution in [0.2, 0.25) is 0 Å². The Balaban J connectivity index is 1.82. The van der Waals surface area contributed by atoms with Crippen molar-refractivity contribution in [3.8, 4) is 0 Å². The average Bonchev–Trinajstić information content (AvgIpc) is 2.72. The normalized spacial score (nSPS) is 22.4. The number of ether oxygens (including phenoxy) is 1. The van der Waals surface area contributed by atoms with E-state index in [4.69, 9.17) is 4.74 Å². The summed E-state index contributed by atoms with van der Waals surface area (Å²) in [6.45, 7) is 2.57. The maximum absolute atomic E-state index is 5.64. The van der Waals surface area contributed by atoms with Crippen molar-refractivity contribution in [1.29, 1.82) is 0 Å². The molecule has 1 fully saturated rings. The topological polar surface area (TPSA) is 52.0 Å². The van der Waals surface area contributed by atoms with Crippen LogP contribution in [0.5, 0.6) is 0 Å². The molecule has 1 saturated heterocycles. The molecule has 0 aromatic carbocycles. The van der Waals surface area contributed by atoms with Gasteiger partial charge in [-0.2, -0.15) is 0 Å². The van der Waals surface area contributed by atoms with Gasteiger partial charge in [0.05, 0.1) is 6.10 Å². The third-order valence-corrected chi connectivity index (χ3v) is 2.27. The maximum Gasteiger partial charge on any atom is 0.158 e. The standard InChI is InChI=1S/C8H14N4O/c1-12-6-10-11-8(12)5-13-7-2-3-9-4-7/h6-7,9H,2-5H2,1H3.